The summed E-state index contributed by atoms with van der Waals surface area (Å²) < 4.78 is 34.4. The van der Waals surface area contributed by atoms with Crippen molar-refractivity contribution in [2.45, 2.75) is 65.6 Å². The maximum atomic E-state index is 12.4. The smallest absolute Gasteiger partial charge is 0.339 e. The molecule has 0 radical (unpaired) electrons. The average Bonchev–Trinajstić information content (AvgIpc) is 2.98. The van der Waals surface area contributed by atoms with Gasteiger partial charge in [-0.05, 0) is 32.8 Å². The van der Waals surface area contributed by atoms with E-state index in [-0.39, 0.29) is 54.6 Å². The SMILES string of the molecule is C=C(C)C(=O)OC(COCCCC)COc1cc(C(=O)O)c(OCC(COCCCC)OC(=O)C(=C)C)c2ccccc12. The summed E-state index contributed by atoms with van der Waals surface area (Å²) >= 11 is 0. The Morgan fingerprint density at radius 2 is 1.26 bits per heavy atom. The Morgan fingerprint density at radius 1 is 0.767 bits per heavy atom. The van der Waals surface area contributed by atoms with Crippen LogP contribution in [0.3, 0.4) is 0 Å². The lowest BCUT2D eigenvalue weighted by molar-refractivity contribution is -0.150. The highest BCUT2D eigenvalue weighted by atomic mass is 16.6. The summed E-state index contributed by atoms with van der Waals surface area (Å²) in [5, 5.41) is 11.2. The van der Waals surface area contributed by atoms with Gasteiger partial charge in [0.2, 0.25) is 0 Å². The molecule has 1 N–H and O–H groups in total. The number of hydrogen-bond donors (Lipinski definition) is 1. The number of benzene rings is 2. The van der Waals surface area contributed by atoms with Gasteiger partial charge in [0.25, 0.3) is 0 Å². The predicted molar refractivity (Wildman–Crippen MR) is 163 cm³/mol. The quantitative estimate of drug-likeness (QED) is 0.105. The zero-order chi connectivity index (χ0) is 31.8. The lowest BCUT2D eigenvalue weighted by atomic mass is 10.0. The van der Waals surface area contributed by atoms with E-state index in [4.69, 9.17) is 28.4 Å². The summed E-state index contributed by atoms with van der Waals surface area (Å²) in [6.45, 7) is 15.3. The van der Waals surface area contributed by atoms with Gasteiger partial charge in [0.05, 0.1) is 13.2 Å². The summed E-state index contributed by atoms with van der Waals surface area (Å²) in [5.41, 5.74) is 0.307. The molecule has 0 amide bonds. The number of rotatable bonds is 21. The zero-order valence-corrected chi connectivity index (χ0v) is 25.6. The van der Waals surface area contributed by atoms with Crippen molar-refractivity contribution in [3.05, 3.63) is 60.2 Å². The standard InChI is InChI=1S/C33H44O10/c1-7-9-15-38-18-24(42-32(36)22(3)4)20-40-29-17-28(31(34)35)30(27-14-12-11-13-26(27)29)41-21-25(19-39-16-10-8-2)43-33(37)23(5)6/h11-14,17,24-25H,3,5,7-10,15-16,18-21H2,1-2,4,6H3,(H,34,35). The number of fused-ring (bicyclic) bond motifs is 1. The molecule has 0 saturated heterocycles. The second-order valence-corrected chi connectivity index (χ2v) is 10.2. The molecule has 0 aliphatic carbocycles. The van der Waals surface area contributed by atoms with Gasteiger partial charge in [0.1, 0.15) is 30.3 Å². The Bertz CT molecular complexity index is 1250. The van der Waals surface area contributed by atoms with Crippen LogP contribution in [0, 0.1) is 0 Å². The number of ether oxygens (including phenoxy) is 6. The summed E-state index contributed by atoms with van der Waals surface area (Å²) in [7, 11) is 0. The van der Waals surface area contributed by atoms with E-state index in [1.165, 1.54) is 13.0 Å². The van der Waals surface area contributed by atoms with E-state index in [0.29, 0.717) is 24.0 Å². The molecule has 0 aliphatic rings. The monoisotopic (exact) mass is 600 g/mol. The number of unbranched alkanes of at least 4 members (excludes halogenated alkanes) is 2. The van der Waals surface area contributed by atoms with E-state index in [2.05, 4.69) is 13.2 Å². The van der Waals surface area contributed by atoms with E-state index in [0.717, 1.165) is 25.7 Å². The summed E-state index contributed by atoms with van der Waals surface area (Å²) in [6.07, 6.45) is 2.05. The molecule has 236 valence electrons. The number of carboxylic acids is 1. The van der Waals surface area contributed by atoms with Gasteiger partial charge >= 0.3 is 17.9 Å². The van der Waals surface area contributed by atoms with Gasteiger partial charge in [0, 0.05) is 35.1 Å². The minimum atomic E-state index is -1.24. The number of carbonyl (C=O) groups is 3. The van der Waals surface area contributed by atoms with E-state index >= 15 is 0 Å². The number of esters is 2. The Kier molecular flexibility index (Phi) is 15.3. The minimum Gasteiger partial charge on any atom is -0.489 e. The maximum absolute atomic E-state index is 12.4. The van der Waals surface area contributed by atoms with Crippen LogP contribution < -0.4 is 9.47 Å². The summed E-state index contributed by atoms with van der Waals surface area (Å²) in [6, 6.07) is 8.37. The molecular formula is C33H44O10. The third-order valence-corrected chi connectivity index (χ3v) is 6.16. The fourth-order valence-electron chi connectivity index (χ4n) is 3.77. The van der Waals surface area contributed by atoms with Crippen LogP contribution in [0.2, 0.25) is 0 Å². The molecular weight excluding hydrogens is 556 g/mol. The number of hydrogen-bond acceptors (Lipinski definition) is 9. The highest BCUT2D eigenvalue weighted by Crippen LogP contribution is 2.37. The maximum Gasteiger partial charge on any atom is 0.339 e. The third-order valence-electron chi connectivity index (χ3n) is 6.16. The summed E-state index contributed by atoms with van der Waals surface area (Å²) in [4.78, 5) is 36.8. The number of aromatic carboxylic acids is 1. The number of carbonyl (C=O) groups excluding carboxylic acids is 2. The van der Waals surface area contributed by atoms with Crippen LogP contribution in [-0.2, 0) is 28.5 Å². The molecule has 0 bridgehead atoms. The second kappa shape index (κ2) is 18.6. The molecule has 10 nitrogen and oxygen atoms in total. The van der Waals surface area contributed by atoms with Crippen LogP contribution in [0.15, 0.2) is 54.6 Å². The molecule has 10 heteroatoms. The normalized spacial score (nSPS) is 12.3. The van der Waals surface area contributed by atoms with Gasteiger partial charge in [-0.25, -0.2) is 14.4 Å². The largest absolute Gasteiger partial charge is 0.489 e. The van der Waals surface area contributed by atoms with Gasteiger partial charge in [-0.3, -0.25) is 0 Å². The van der Waals surface area contributed by atoms with Crippen LogP contribution >= 0.6 is 0 Å². The van der Waals surface area contributed by atoms with Crippen molar-refractivity contribution in [2.75, 3.05) is 39.6 Å². The molecule has 0 aromatic heterocycles. The van der Waals surface area contributed by atoms with Gasteiger partial charge in [-0.15, -0.1) is 0 Å². The lowest BCUT2D eigenvalue weighted by Gasteiger charge is -2.22. The first-order valence-electron chi connectivity index (χ1n) is 14.5. The van der Waals surface area contributed by atoms with E-state index in [9.17, 15) is 19.5 Å². The molecule has 2 aromatic rings. The molecule has 0 spiro atoms. The van der Waals surface area contributed by atoms with E-state index in [1.54, 1.807) is 31.2 Å². The van der Waals surface area contributed by atoms with Crippen molar-refractivity contribution < 1.29 is 47.9 Å². The summed E-state index contributed by atoms with van der Waals surface area (Å²) in [5.74, 6) is -2.06. The number of carboxylic acid groups (broad SMARTS) is 1. The molecule has 2 aromatic carbocycles. The Hall–Kier alpha value is -3.89. The van der Waals surface area contributed by atoms with Gasteiger partial charge in [-0.2, -0.15) is 0 Å². The van der Waals surface area contributed by atoms with Crippen LogP contribution in [0.1, 0.15) is 63.7 Å². The van der Waals surface area contributed by atoms with E-state index < -0.39 is 30.1 Å². The first kappa shape index (κ1) is 35.3. The van der Waals surface area contributed by atoms with Crippen LogP contribution in [-0.4, -0.2) is 74.9 Å². The molecule has 2 unspecified atom stereocenters. The Labute approximate surface area is 253 Å². The fourth-order valence-corrected chi connectivity index (χ4v) is 3.77. The predicted octanol–water partition coefficient (Wildman–Crippen LogP) is 5.90. The average molecular weight is 601 g/mol. The van der Waals surface area contributed by atoms with Crippen molar-refractivity contribution in [3.8, 4) is 11.5 Å². The Morgan fingerprint density at radius 3 is 1.72 bits per heavy atom. The van der Waals surface area contributed by atoms with Crippen LogP contribution in [0.4, 0.5) is 0 Å². The Balaban J connectivity index is 2.34. The first-order chi connectivity index (χ1) is 20.6. The van der Waals surface area contributed by atoms with Crippen molar-refractivity contribution in [3.63, 3.8) is 0 Å². The van der Waals surface area contributed by atoms with Crippen LogP contribution in [0.25, 0.3) is 10.8 Å². The van der Waals surface area contributed by atoms with E-state index in [1.807, 2.05) is 13.8 Å². The molecule has 43 heavy (non-hydrogen) atoms. The third kappa shape index (κ3) is 11.7. The highest BCUT2D eigenvalue weighted by Gasteiger charge is 2.24. The molecule has 0 fully saturated rings. The highest BCUT2D eigenvalue weighted by molar-refractivity contribution is 6.03. The molecule has 0 aliphatic heterocycles. The van der Waals surface area contributed by atoms with Gasteiger partial charge in [0.15, 0.2) is 12.2 Å². The zero-order valence-electron chi connectivity index (χ0n) is 25.6. The topological polar surface area (TPSA) is 127 Å². The minimum absolute atomic E-state index is 0.0746. The van der Waals surface area contributed by atoms with Crippen molar-refractivity contribution in [2.24, 2.45) is 0 Å². The molecule has 0 saturated carbocycles. The molecule has 0 heterocycles. The van der Waals surface area contributed by atoms with Gasteiger partial charge < -0.3 is 33.5 Å². The molecule has 2 atom stereocenters. The fraction of sp³-hybridized carbons (Fsp3) is 0.485. The van der Waals surface area contributed by atoms with Crippen molar-refractivity contribution >= 4 is 28.7 Å². The second-order valence-electron chi connectivity index (χ2n) is 10.2. The molecule has 2 rings (SSSR count). The van der Waals surface area contributed by atoms with Crippen molar-refractivity contribution in [1.82, 2.24) is 0 Å². The lowest BCUT2D eigenvalue weighted by Crippen LogP contribution is -2.31. The van der Waals surface area contributed by atoms with Gasteiger partial charge in [-0.1, -0.05) is 64.1 Å². The van der Waals surface area contributed by atoms with Crippen LogP contribution in [0.5, 0.6) is 11.5 Å². The first-order valence-corrected chi connectivity index (χ1v) is 14.5. The van der Waals surface area contributed by atoms with Crippen molar-refractivity contribution in [1.29, 1.82) is 0 Å².